The molecule has 0 aliphatic heterocycles. The van der Waals surface area contributed by atoms with E-state index in [0.717, 1.165) is 5.56 Å². The summed E-state index contributed by atoms with van der Waals surface area (Å²) < 4.78 is 11.0. The highest BCUT2D eigenvalue weighted by Gasteiger charge is 2.15. The van der Waals surface area contributed by atoms with Gasteiger partial charge in [-0.3, -0.25) is 9.59 Å². The number of hydrogen-bond donors (Lipinski definition) is 1. The SMILES string of the molecule is CCOc1ccccc1OCC(=O)N(C)CC(=O)Nc1ccc(C)cc1. The van der Waals surface area contributed by atoms with Crippen LogP contribution in [0.5, 0.6) is 11.5 Å². The van der Waals surface area contributed by atoms with E-state index >= 15 is 0 Å². The van der Waals surface area contributed by atoms with Crippen molar-refractivity contribution in [1.29, 1.82) is 0 Å². The average molecular weight is 356 g/mol. The summed E-state index contributed by atoms with van der Waals surface area (Å²) in [7, 11) is 1.56. The maximum Gasteiger partial charge on any atom is 0.260 e. The van der Waals surface area contributed by atoms with E-state index < -0.39 is 0 Å². The minimum atomic E-state index is -0.296. The van der Waals surface area contributed by atoms with Gasteiger partial charge in [-0.15, -0.1) is 0 Å². The van der Waals surface area contributed by atoms with Gasteiger partial charge in [0.25, 0.3) is 5.91 Å². The molecule has 0 saturated carbocycles. The van der Waals surface area contributed by atoms with Crippen molar-refractivity contribution in [3.63, 3.8) is 0 Å². The number of anilines is 1. The number of ether oxygens (including phenoxy) is 2. The number of rotatable bonds is 8. The molecule has 0 aliphatic rings. The zero-order valence-corrected chi connectivity index (χ0v) is 15.3. The van der Waals surface area contributed by atoms with Gasteiger partial charge in [0, 0.05) is 12.7 Å². The van der Waals surface area contributed by atoms with Gasteiger partial charge in [-0.2, -0.15) is 0 Å². The highest BCUT2D eigenvalue weighted by atomic mass is 16.5. The smallest absolute Gasteiger partial charge is 0.260 e. The van der Waals surface area contributed by atoms with Crippen LogP contribution in [0.15, 0.2) is 48.5 Å². The van der Waals surface area contributed by atoms with E-state index in [2.05, 4.69) is 5.32 Å². The lowest BCUT2D eigenvalue weighted by Gasteiger charge is -2.18. The van der Waals surface area contributed by atoms with Crippen LogP contribution in [-0.4, -0.2) is 43.5 Å². The molecule has 0 aliphatic carbocycles. The van der Waals surface area contributed by atoms with Crippen molar-refractivity contribution in [3.8, 4) is 11.5 Å². The van der Waals surface area contributed by atoms with Gasteiger partial charge in [0.1, 0.15) is 0 Å². The number of para-hydroxylation sites is 2. The minimum absolute atomic E-state index is 0.0524. The van der Waals surface area contributed by atoms with E-state index in [1.807, 2.05) is 44.2 Å². The number of likely N-dealkylation sites (N-methyl/N-ethyl adjacent to an activating group) is 1. The van der Waals surface area contributed by atoms with Crippen LogP contribution < -0.4 is 14.8 Å². The van der Waals surface area contributed by atoms with Gasteiger partial charge in [-0.1, -0.05) is 29.8 Å². The van der Waals surface area contributed by atoms with E-state index in [9.17, 15) is 9.59 Å². The van der Waals surface area contributed by atoms with E-state index in [4.69, 9.17) is 9.47 Å². The van der Waals surface area contributed by atoms with Crippen LogP contribution in [-0.2, 0) is 9.59 Å². The second kappa shape index (κ2) is 9.46. The lowest BCUT2D eigenvalue weighted by atomic mass is 10.2. The number of carbonyl (C=O) groups excluding carboxylic acids is 2. The van der Waals surface area contributed by atoms with Gasteiger partial charge in [-0.25, -0.2) is 0 Å². The second-order valence-corrected chi connectivity index (χ2v) is 5.83. The minimum Gasteiger partial charge on any atom is -0.490 e. The lowest BCUT2D eigenvalue weighted by Crippen LogP contribution is -2.37. The Balaban J connectivity index is 1.83. The fourth-order valence-corrected chi connectivity index (χ4v) is 2.23. The number of amides is 2. The molecular weight excluding hydrogens is 332 g/mol. The van der Waals surface area contributed by atoms with Gasteiger partial charge < -0.3 is 19.7 Å². The Morgan fingerprint density at radius 2 is 1.62 bits per heavy atom. The molecule has 0 saturated heterocycles. The summed E-state index contributed by atoms with van der Waals surface area (Å²) >= 11 is 0. The molecule has 26 heavy (non-hydrogen) atoms. The van der Waals surface area contributed by atoms with Gasteiger partial charge in [-0.05, 0) is 38.1 Å². The van der Waals surface area contributed by atoms with Crippen LogP contribution in [0, 0.1) is 6.92 Å². The third-order valence-corrected chi connectivity index (χ3v) is 3.64. The first kappa shape index (κ1) is 19.3. The molecule has 0 aromatic heterocycles. The predicted octanol–water partition coefficient (Wildman–Crippen LogP) is 2.87. The Morgan fingerprint density at radius 3 is 2.23 bits per heavy atom. The van der Waals surface area contributed by atoms with Gasteiger partial charge in [0.05, 0.1) is 13.2 Å². The molecule has 1 N–H and O–H groups in total. The molecule has 6 heteroatoms. The Kier molecular flexibility index (Phi) is 7.02. The number of hydrogen-bond acceptors (Lipinski definition) is 4. The summed E-state index contributed by atoms with van der Waals surface area (Å²) in [6, 6.07) is 14.6. The first-order valence-corrected chi connectivity index (χ1v) is 8.44. The van der Waals surface area contributed by atoms with Gasteiger partial charge >= 0.3 is 0 Å². The molecule has 138 valence electrons. The van der Waals surface area contributed by atoms with Crippen molar-refractivity contribution >= 4 is 17.5 Å². The van der Waals surface area contributed by atoms with Crippen molar-refractivity contribution in [2.45, 2.75) is 13.8 Å². The molecule has 6 nitrogen and oxygen atoms in total. The molecule has 2 rings (SSSR count). The Bertz CT molecular complexity index is 744. The highest BCUT2D eigenvalue weighted by molar-refractivity contribution is 5.94. The van der Waals surface area contributed by atoms with Crippen LogP contribution in [0.25, 0.3) is 0 Å². The maximum absolute atomic E-state index is 12.2. The fourth-order valence-electron chi connectivity index (χ4n) is 2.23. The van der Waals surface area contributed by atoms with Crippen molar-refractivity contribution in [1.82, 2.24) is 4.90 Å². The highest BCUT2D eigenvalue weighted by Crippen LogP contribution is 2.26. The standard InChI is InChI=1S/C20H24N2O4/c1-4-25-17-7-5-6-8-18(17)26-14-20(24)22(3)13-19(23)21-16-11-9-15(2)10-12-16/h5-12H,4,13-14H2,1-3H3,(H,21,23). The molecule has 0 unspecified atom stereocenters. The number of carbonyl (C=O) groups is 2. The second-order valence-electron chi connectivity index (χ2n) is 5.83. The van der Waals surface area contributed by atoms with Crippen LogP contribution in [0.3, 0.4) is 0 Å². The van der Waals surface area contributed by atoms with Crippen molar-refractivity contribution in [3.05, 3.63) is 54.1 Å². The molecule has 0 atom stereocenters. The van der Waals surface area contributed by atoms with Crippen molar-refractivity contribution in [2.75, 3.05) is 32.1 Å². The fraction of sp³-hybridized carbons (Fsp3) is 0.300. The van der Waals surface area contributed by atoms with Crippen molar-refractivity contribution in [2.24, 2.45) is 0 Å². The topological polar surface area (TPSA) is 67.9 Å². The first-order valence-electron chi connectivity index (χ1n) is 8.44. The summed E-state index contributed by atoms with van der Waals surface area (Å²) in [5.74, 6) is 0.526. The van der Waals surface area contributed by atoms with Gasteiger partial charge in [0.2, 0.25) is 5.91 Å². The van der Waals surface area contributed by atoms with Crippen LogP contribution in [0.1, 0.15) is 12.5 Å². The van der Waals surface area contributed by atoms with E-state index in [0.29, 0.717) is 23.8 Å². The third-order valence-electron chi connectivity index (χ3n) is 3.64. The van der Waals surface area contributed by atoms with Crippen LogP contribution in [0.2, 0.25) is 0 Å². The van der Waals surface area contributed by atoms with Crippen LogP contribution in [0.4, 0.5) is 5.69 Å². The molecule has 2 aromatic rings. The van der Waals surface area contributed by atoms with E-state index in [-0.39, 0.29) is 25.0 Å². The molecular formula is C20H24N2O4. The maximum atomic E-state index is 12.2. The molecule has 0 heterocycles. The zero-order valence-electron chi connectivity index (χ0n) is 15.3. The lowest BCUT2D eigenvalue weighted by molar-refractivity contribution is -0.135. The molecule has 0 fully saturated rings. The first-order chi connectivity index (χ1) is 12.5. The predicted molar refractivity (Wildman–Crippen MR) is 101 cm³/mol. The summed E-state index contributed by atoms with van der Waals surface area (Å²) in [5, 5.41) is 2.76. The Hall–Kier alpha value is -3.02. The number of nitrogens with one attached hydrogen (secondary N) is 1. The summed E-state index contributed by atoms with van der Waals surface area (Å²) in [4.78, 5) is 25.6. The largest absolute Gasteiger partial charge is 0.490 e. The molecule has 2 amide bonds. The van der Waals surface area contributed by atoms with Crippen molar-refractivity contribution < 1.29 is 19.1 Å². The summed E-state index contributed by atoms with van der Waals surface area (Å²) in [5.41, 5.74) is 1.81. The zero-order chi connectivity index (χ0) is 18.9. The monoisotopic (exact) mass is 356 g/mol. The average Bonchev–Trinajstić information content (AvgIpc) is 2.62. The normalized spacial score (nSPS) is 10.1. The number of aryl methyl sites for hydroxylation is 1. The quantitative estimate of drug-likeness (QED) is 0.790. The Labute approximate surface area is 153 Å². The molecule has 2 aromatic carbocycles. The number of nitrogens with zero attached hydrogens (tertiary/aromatic N) is 1. The van der Waals surface area contributed by atoms with Gasteiger partial charge in [0.15, 0.2) is 18.1 Å². The summed E-state index contributed by atoms with van der Waals surface area (Å²) in [6.45, 7) is 4.14. The summed E-state index contributed by atoms with van der Waals surface area (Å²) in [6.07, 6.45) is 0. The number of benzene rings is 2. The van der Waals surface area contributed by atoms with E-state index in [1.165, 1.54) is 4.90 Å². The Morgan fingerprint density at radius 1 is 1.00 bits per heavy atom. The third kappa shape index (κ3) is 5.81. The molecule has 0 bridgehead atoms. The van der Waals surface area contributed by atoms with E-state index in [1.54, 1.807) is 25.2 Å². The molecule has 0 spiro atoms. The van der Waals surface area contributed by atoms with Crippen LogP contribution >= 0.6 is 0 Å². The molecule has 0 radical (unpaired) electrons.